The number of fused-ring (bicyclic) bond motifs is 1. The first-order valence-corrected chi connectivity index (χ1v) is 6.53. The van der Waals surface area contributed by atoms with Gasteiger partial charge in [0.1, 0.15) is 17.1 Å². The molecule has 0 amide bonds. The van der Waals surface area contributed by atoms with Crippen LogP contribution in [0.15, 0.2) is 33.7 Å². The van der Waals surface area contributed by atoms with Crippen molar-refractivity contribution in [2.45, 2.75) is 19.3 Å². The number of nitrogens with zero attached hydrogens (tertiary/aromatic N) is 1. The number of benzene rings is 1. The molecule has 0 N–H and O–H groups in total. The summed E-state index contributed by atoms with van der Waals surface area (Å²) in [6, 6.07) is 7.91. The van der Waals surface area contributed by atoms with Gasteiger partial charge in [-0.2, -0.15) is 0 Å². The van der Waals surface area contributed by atoms with Crippen molar-refractivity contribution in [3.8, 4) is 5.75 Å². The van der Waals surface area contributed by atoms with Crippen LogP contribution in [-0.2, 0) is 4.74 Å². The second-order valence-electron chi connectivity index (χ2n) is 4.62. The average Bonchev–Trinajstić information content (AvgIpc) is 3.03. The molecule has 1 unspecified atom stereocenters. The molecule has 0 aliphatic carbocycles. The fourth-order valence-electron chi connectivity index (χ4n) is 2.38. The summed E-state index contributed by atoms with van der Waals surface area (Å²) < 4.78 is 16.6. The Morgan fingerprint density at radius 2 is 2.26 bits per heavy atom. The number of hydrogen-bond acceptors (Lipinski definition) is 4. The summed E-state index contributed by atoms with van der Waals surface area (Å²) in [6.07, 6.45) is 0.824. The van der Waals surface area contributed by atoms with Gasteiger partial charge in [0.25, 0.3) is 0 Å². The van der Waals surface area contributed by atoms with Crippen molar-refractivity contribution in [1.29, 1.82) is 0 Å². The lowest BCUT2D eigenvalue weighted by atomic mass is 10.0. The quantitative estimate of drug-likeness (QED) is 0.848. The summed E-state index contributed by atoms with van der Waals surface area (Å²) in [5, 5.41) is 1.07. The Hall–Kier alpha value is -1.97. The van der Waals surface area contributed by atoms with Crippen molar-refractivity contribution in [2.75, 3.05) is 20.3 Å². The molecule has 0 bridgehead atoms. The minimum atomic E-state index is 0.292. The van der Waals surface area contributed by atoms with Crippen LogP contribution in [0.5, 0.6) is 5.75 Å². The van der Waals surface area contributed by atoms with E-state index in [0.29, 0.717) is 12.5 Å². The van der Waals surface area contributed by atoms with Crippen LogP contribution in [0.25, 0.3) is 11.0 Å². The third kappa shape index (κ3) is 2.30. The lowest BCUT2D eigenvalue weighted by molar-refractivity contribution is 0.319. The average molecular weight is 259 g/mol. The van der Waals surface area contributed by atoms with E-state index in [-0.39, 0.29) is 0 Å². The second-order valence-corrected chi connectivity index (χ2v) is 4.62. The van der Waals surface area contributed by atoms with Crippen LogP contribution >= 0.6 is 0 Å². The molecule has 100 valence electrons. The molecule has 3 rings (SSSR count). The number of rotatable bonds is 3. The van der Waals surface area contributed by atoms with Crippen molar-refractivity contribution < 1.29 is 13.9 Å². The minimum absolute atomic E-state index is 0.292. The van der Waals surface area contributed by atoms with Gasteiger partial charge >= 0.3 is 0 Å². The maximum atomic E-state index is 5.89. The van der Waals surface area contributed by atoms with Crippen LogP contribution in [0.2, 0.25) is 0 Å². The lowest BCUT2D eigenvalue weighted by Crippen LogP contribution is -2.03. The van der Waals surface area contributed by atoms with Crippen LogP contribution in [0.4, 0.5) is 0 Å². The van der Waals surface area contributed by atoms with E-state index in [1.807, 2.05) is 25.1 Å². The Kier molecular flexibility index (Phi) is 3.15. The SMILES string of the molecule is CCOC1=NCC(c2cc3cc(OC)ccc3o2)C1. The van der Waals surface area contributed by atoms with E-state index >= 15 is 0 Å². The number of furan rings is 1. The zero-order valence-corrected chi connectivity index (χ0v) is 11.2. The standard InChI is InChI=1S/C15H17NO3/c1-3-18-15-8-11(9-16-15)14-7-10-6-12(17-2)4-5-13(10)19-14/h4-7,11H,3,8-9H2,1-2H3. The third-order valence-corrected chi connectivity index (χ3v) is 3.36. The second kappa shape index (κ2) is 4.96. The molecule has 1 aromatic heterocycles. The van der Waals surface area contributed by atoms with Gasteiger partial charge in [-0.05, 0) is 31.2 Å². The first-order chi connectivity index (χ1) is 9.30. The van der Waals surface area contributed by atoms with Crippen molar-refractivity contribution in [3.05, 3.63) is 30.0 Å². The molecule has 0 saturated carbocycles. The van der Waals surface area contributed by atoms with Gasteiger partial charge in [-0.1, -0.05) is 0 Å². The summed E-state index contributed by atoms with van der Waals surface area (Å²) in [7, 11) is 1.67. The first-order valence-electron chi connectivity index (χ1n) is 6.53. The van der Waals surface area contributed by atoms with Gasteiger partial charge < -0.3 is 13.9 Å². The molecule has 0 fully saturated rings. The molecule has 1 aliphatic heterocycles. The van der Waals surface area contributed by atoms with Crippen LogP contribution in [0, 0.1) is 0 Å². The summed E-state index contributed by atoms with van der Waals surface area (Å²) in [5.41, 5.74) is 0.889. The van der Waals surface area contributed by atoms with E-state index in [1.165, 1.54) is 0 Å². The minimum Gasteiger partial charge on any atom is -0.497 e. The lowest BCUT2D eigenvalue weighted by Gasteiger charge is -2.04. The van der Waals surface area contributed by atoms with Gasteiger partial charge in [0, 0.05) is 17.7 Å². The van der Waals surface area contributed by atoms with Crippen molar-refractivity contribution >= 4 is 16.9 Å². The summed E-state index contributed by atoms with van der Waals surface area (Å²) in [6.45, 7) is 3.39. The summed E-state index contributed by atoms with van der Waals surface area (Å²) in [4.78, 5) is 4.40. The van der Waals surface area contributed by atoms with E-state index < -0.39 is 0 Å². The maximum absolute atomic E-state index is 5.89. The molecule has 1 aromatic carbocycles. The van der Waals surface area contributed by atoms with E-state index in [9.17, 15) is 0 Å². The highest BCUT2D eigenvalue weighted by atomic mass is 16.5. The first kappa shape index (κ1) is 12.1. The largest absolute Gasteiger partial charge is 0.497 e. The van der Waals surface area contributed by atoms with E-state index in [4.69, 9.17) is 13.9 Å². The molecule has 0 radical (unpaired) electrons. The Labute approximate surface area is 112 Å². The van der Waals surface area contributed by atoms with Crippen LogP contribution in [-0.4, -0.2) is 26.2 Å². The van der Waals surface area contributed by atoms with Gasteiger partial charge in [0.15, 0.2) is 5.90 Å². The number of methoxy groups -OCH3 is 1. The number of hydrogen-bond donors (Lipinski definition) is 0. The van der Waals surface area contributed by atoms with Crippen LogP contribution in [0.1, 0.15) is 25.0 Å². The summed E-state index contributed by atoms with van der Waals surface area (Å²) in [5.74, 6) is 2.95. The Bertz CT molecular complexity index is 615. The molecule has 0 saturated heterocycles. The molecular formula is C15H17NO3. The number of aliphatic imine (C=N–C) groups is 1. The van der Waals surface area contributed by atoms with Gasteiger partial charge in [-0.3, -0.25) is 4.99 Å². The Balaban J connectivity index is 1.83. The molecule has 19 heavy (non-hydrogen) atoms. The monoisotopic (exact) mass is 259 g/mol. The molecular weight excluding hydrogens is 242 g/mol. The van der Waals surface area contributed by atoms with E-state index in [0.717, 1.165) is 41.3 Å². The molecule has 4 nitrogen and oxygen atoms in total. The third-order valence-electron chi connectivity index (χ3n) is 3.36. The molecule has 1 aliphatic rings. The predicted molar refractivity (Wildman–Crippen MR) is 74.1 cm³/mol. The molecule has 4 heteroatoms. The highest BCUT2D eigenvalue weighted by Gasteiger charge is 2.24. The highest BCUT2D eigenvalue weighted by molar-refractivity contribution is 5.81. The zero-order valence-electron chi connectivity index (χ0n) is 11.2. The zero-order chi connectivity index (χ0) is 13.2. The molecule has 0 spiro atoms. The van der Waals surface area contributed by atoms with Crippen LogP contribution in [0.3, 0.4) is 0 Å². The van der Waals surface area contributed by atoms with Gasteiger partial charge in [0.2, 0.25) is 0 Å². The molecule has 2 heterocycles. The number of ether oxygens (including phenoxy) is 2. The van der Waals surface area contributed by atoms with Gasteiger partial charge in [-0.25, -0.2) is 0 Å². The maximum Gasteiger partial charge on any atom is 0.183 e. The topological polar surface area (TPSA) is 44.0 Å². The molecule has 1 atom stereocenters. The molecule has 2 aromatic rings. The van der Waals surface area contributed by atoms with E-state index in [2.05, 4.69) is 11.1 Å². The van der Waals surface area contributed by atoms with Crippen LogP contribution < -0.4 is 4.74 Å². The van der Waals surface area contributed by atoms with Crippen molar-refractivity contribution in [1.82, 2.24) is 0 Å². The highest BCUT2D eigenvalue weighted by Crippen LogP contribution is 2.32. The predicted octanol–water partition coefficient (Wildman–Crippen LogP) is 3.36. The Morgan fingerprint density at radius 1 is 1.37 bits per heavy atom. The summed E-state index contributed by atoms with van der Waals surface area (Å²) >= 11 is 0. The smallest absolute Gasteiger partial charge is 0.183 e. The normalized spacial score (nSPS) is 18.6. The van der Waals surface area contributed by atoms with E-state index in [1.54, 1.807) is 7.11 Å². The fourth-order valence-corrected chi connectivity index (χ4v) is 2.38. The Morgan fingerprint density at radius 3 is 3.05 bits per heavy atom. The van der Waals surface area contributed by atoms with Crippen molar-refractivity contribution in [2.24, 2.45) is 4.99 Å². The van der Waals surface area contributed by atoms with Gasteiger partial charge in [-0.15, -0.1) is 0 Å². The fraction of sp³-hybridized carbons (Fsp3) is 0.400. The van der Waals surface area contributed by atoms with Crippen molar-refractivity contribution in [3.63, 3.8) is 0 Å². The van der Waals surface area contributed by atoms with Gasteiger partial charge in [0.05, 0.1) is 20.3 Å².